The lowest BCUT2D eigenvalue weighted by Gasteiger charge is -2.36. The summed E-state index contributed by atoms with van der Waals surface area (Å²) in [5.74, 6) is -1.13. The van der Waals surface area contributed by atoms with Crippen LogP contribution in [0.3, 0.4) is 0 Å². The molecule has 1 aliphatic rings. The van der Waals surface area contributed by atoms with Gasteiger partial charge in [0.15, 0.2) is 0 Å². The number of nitrogens with zero attached hydrogens (tertiary/aromatic N) is 2. The van der Waals surface area contributed by atoms with E-state index in [0.717, 1.165) is 6.07 Å². The maximum Gasteiger partial charge on any atom is 0.420 e. The van der Waals surface area contributed by atoms with E-state index in [-0.39, 0.29) is 60.8 Å². The molecule has 2 N–H and O–H groups in total. The summed E-state index contributed by atoms with van der Waals surface area (Å²) < 4.78 is 50.7. The molecule has 1 saturated carbocycles. The third-order valence-electron chi connectivity index (χ3n) is 6.37. The van der Waals surface area contributed by atoms with Crippen molar-refractivity contribution in [3.05, 3.63) is 77.9 Å². The zero-order valence-corrected chi connectivity index (χ0v) is 20.9. The van der Waals surface area contributed by atoms with Crippen LogP contribution in [0, 0.1) is 0 Å². The number of hydrogen-bond acceptors (Lipinski definition) is 7. The molecule has 0 aliphatic heterocycles. The molecule has 0 saturated heterocycles. The van der Waals surface area contributed by atoms with Gasteiger partial charge in [-0.3, -0.25) is 14.4 Å². The Kier molecular flexibility index (Phi) is 8.12. The van der Waals surface area contributed by atoms with Crippen molar-refractivity contribution in [2.45, 2.75) is 43.9 Å². The molecule has 1 aromatic heterocycles. The Morgan fingerprint density at radius 1 is 1.00 bits per heavy atom. The highest BCUT2D eigenvalue weighted by Crippen LogP contribution is 2.40. The molecule has 1 aliphatic carbocycles. The number of methoxy groups -OCH3 is 1. The average Bonchev–Trinajstić information content (AvgIpc) is 2.94. The van der Waals surface area contributed by atoms with Crippen molar-refractivity contribution in [3.8, 4) is 17.2 Å². The summed E-state index contributed by atoms with van der Waals surface area (Å²) in [6.45, 7) is 0.0788. The maximum absolute atomic E-state index is 13.5. The second-order valence-corrected chi connectivity index (χ2v) is 8.99. The highest BCUT2D eigenvalue weighted by atomic mass is 19.4. The van der Waals surface area contributed by atoms with Gasteiger partial charge in [0, 0.05) is 31.8 Å². The summed E-state index contributed by atoms with van der Waals surface area (Å²) in [5, 5.41) is 5.56. The summed E-state index contributed by atoms with van der Waals surface area (Å²) in [6.07, 6.45) is -0.116. The van der Waals surface area contributed by atoms with Crippen molar-refractivity contribution < 1.29 is 37.0 Å². The molecule has 0 bridgehead atoms. The summed E-state index contributed by atoms with van der Waals surface area (Å²) in [4.78, 5) is 45.5. The average molecular weight is 543 g/mol. The van der Waals surface area contributed by atoms with E-state index in [1.807, 2.05) is 0 Å². The molecule has 39 heavy (non-hydrogen) atoms. The van der Waals surface area contributed by atoms with Crippen molar-refractivity contribution >= 4 is 17.6 Å². The molecule has 0 radical (unpaired) electrons. The molecule has 9 nitrogen and oxygen atoms in total. The van der Waals surface area contributed by atoms with Gasteiger partial charge < -0.3 is 20.1 Å². The Morgan fingerprint density at radius 3 is 2.26 bits per heavy atom. The van der Waals surface area contributed by atoms with Crippen molar-refractivity contribution in [1.29, 1.82) is 0 Å². The number of carbonyl (C=O) groups is 3. The first kappa shape index (κ1) is 27.6. The van der Waals surface area contributed by atoms with E-state index in [4.69, 9.17) is 9.47 Å². The van der Waals surface area contributed by atoms with Gasteiger partial charge in [-0.1, -0.05) is 12.1 Å². The molecule has 0 unspecified atom stereocenters. The number of rotatable bonds is 8. The Hall–Kier alpha value is -4.48. The van der Waals surface area contributed by atoms with Crippen molar-refractivity contribution in [1.82, 2.24) is 20.6 Å². The van der Waals surface area contributed by atoms with E-state index in [9.17, 15) is 27.6 Å². The van der Waals surface area contributed by atoms with Crippen molar-refractivity contribution in [2.24, 2.45) is 0 Å². The van der Waals surface area contributed by atoms with Gasteiger partial charge in [0.05, 0.1) is 12.7 Å². The smallest absolute Gasteiger partial charge is 0.420 e. The van der Waals surface area contributed by atoms with E-state index < -0.39 is 29.1 Å². The number of Topliss-reactive ketones (excluding diaryl/α,β-unsaturated/α-hetero) is 1. The van der Waals surface area contributed by atoms with Gasteiger partial charge >= 0.3 is 6.18 Å². The second-order valence-electron chi connectivity index (χ2n) is 8.99. The predicted octanol–water partition coefficient (Wildman–Crippen LogP) is 4.22. The summed E-state index contributed by atoms with van der Waals surface area (Å²) in [7, 11) is 1.27. The SMILES string of the molecule is COc1ccc(Oc2ccc(CNC(=O)C3(NC(=O)c4cncnc4)CCC(=O)CC3)cc2)c(C(F)(F)F)c1. The van der Waals surface area contributed by atoms with Gasteiger partial charge in [-0.15, -0.1) is 0 Å². The lowest BCUT2D eigenvalue weighted by atomic mass is 9.80. The number of aromatic nitrogens is 2. The number of nitrogens with one attached hydrogen (secondary N) is 2. The van der Waals surface area contributed by atoms with Gasteiger partial charge in [-0.25, -0.2) is 9.97 Å². The number of ketones is 1. The van der Waals surface area contributed by atoms with Crippen molar-refractivity contribution in [3.63, 3.8) is 0 Å². The van der Waals surface area contributed by atoms with Crippen LogP contribution in [0.4, 0.5) is 13.2 Å². The zero-order valence-electron chi connectivity index (χ0n) is 20.9. The van der Waals surface area contributed by atoms with Crippen LogP contribution in [0.1, 0.15) is 47.2 Å². The monoisotopic (exact) mass is 542 g/mol. The molecule has 1 heterocycles. The highest BCUT2D eigenvalue weighted by Gasteiger charge is 2.43. The van der Waals surface area contributed by atoms with Crippen LogP contribution in [0.25, 0.3) is 0 Å². The fraction of sp³-hybridized carbons (Fsp3) is 0.296. The number of ether oxygens (including phenoxy) is 2. The molecule has 2 aromatic carbocycles. The lowest BCUT2D eigenvalue weighted by Crippen LogP contribution is -2.60. The molecule has 0 spiro atoms. The van der Waals surface area contributed by atoms with E-state index >= 15 is 0 Å². The van der Waals surface area contributed by atoms with E-state index in [1.165, 1.54) is 50.1 Å². The molecule has 2 amide bonds. The number of carbonyl (C=O) groups excluding carboxylic acids is 3. The van der Waals surface area contributed by atoms with Crippen LogP contribution in [0.15, 0.2) is 61.2 Å². The lowest BCUT2D eigenvalue weighted by molar-refractivity contribution is -0.138. The molecule has 1 fully saturated rings. The fourth-order valence-electron chi connectivity index (χ4n) is 4.17. The zero-order chi connectivity index (χ0) is 28.0. The number of benzene rings is 2. The van der Waals surface area contributed by atoms with Gasteiger partial charge in [0.25, 0.3) is 5.91 Å². The maximum atomic E-state index is 13.5. The first-order valence-corrected chi connectivity index (χ1v) is 12.0. The van der Waals surface area contributed by atoms with Crippen LogP contribution in [-0.4, -0.2) is 40.2 Å². The highest BCUT2D eigenvalue weighted by molar-refractivity contribution is 5.99. The largest absolute Gasteiger partial charge is 0.497 e. The van der Waals surface area contributed by atoms with E-state index in [1.54, 1.807) is 12.1 Å². The summed E-state index contributed by atoms with van der Waals surface area (Å²) in [6, 6.07) is 9.58. The molecule has 12 heteroatoms. The predicted molar refractivity (Wildman–Crippen MR) is 132 cm³/mol. The third kappa shape index (κ3) is 6.70. The second kappa shape index (κ2) is 11.5. The minimum Gasteiger partial charge on any atom is -0.497 e. The van der Waals surface area contributed by atoms with Gasteiger partial charge in [0.1, 0.15) is 40.5 Å². The molecule has 3 aromatic rings. The fourth-order valence-corrected chi connectivity index (χ4v) is 4.17. The van der Waals surface area contributed by atoms with Gasteiger partial charge in [-0.05, 0) is 48.7 Å². The molecule has 4 rings (SSSR count). The van der Waals surface area contributed by atoms with Gasteiger partial charge in [0.2, 0.25) is 5.91 Å². The minimum absolute atomic E-state index is 0.0110. The third-order valence-corrected chi connectivity index (χ3v) is 6.37. The van der Waals surface area contributed by atoms with Crippen LogP contribution in [0.5, 0.6) is 17.2 Å². The molecule has 204 valence electrons. The molecule has 0 atom stereocenters. The summed E-state index contributed by atoms with van der Waals surface area (Å²) in [5.41, 5.74) is -1.43. The van der Waals surface area contributed by atoms with Crippen LogP contribution < -0.4 is 20.1 Å². The van der Waals surface area contributed by atoms with Crippen LogP contribution in [-0.2, 0) is 22.3 Å². The Morgan fingerprint density at radius 2 is 1.64 bits per heavy atom. The van der Waals surface area contributed by atoms with Crippen LogP contribution in [0.2, 0.25) is 0 Å². The number of alkyl halides is 3. The number of halogens is 3. The standard InChI is InChI=1S/C27H25F3N4O5/c1-38-21-6-7-23(22(12-21)27(28,29)30)39-20-4-2-17(3-5-20)13-33-25(37)26(10-8-19(35)9-11-26)34-24(36)18-14-31-16-32-15-18/h2-7,12,14-16H,8-11,13H2,1H3,(H,33,37)(H,34,36). The normalized spacial score (nSPS) is 14.8. The summed E-state index contributed by atoms with van der Waals surface area (Å²) >= 11 is 0. The Bertz CT molecular complexity index is 1340. The number of amides is 2. The van der Waals surface area contributed by atoms with Crippen molar-refractivity contribution in [2.75, 3.05) is 7.11 Å². The Balaban J connectivity index is 1.43. The van der Waals surface area contributed by atoms with E-state index in [2.05, 4.69) is 20.6 Å². The molecular formula is C27H25F3N4O5. The first-order valence-electron chi connectivity index (χ1n) is 12.0. The van der Waals surface area contributed by atoms with Gasteiger partial charge in [-0.2, -0.15) is 13.2 Å². The number of hydrogen-bond donors (Lipinski definition) is 2. The Labute approximate surface area is 221 Å². The quantitative estimate of drug-likeness (QED) is 0.437. The molecular weight excluding hydrogens is 517 g/mol. The first-order chi connectivity index (χ1) is 18.6. The topological polar surface area (TPSA) is 120 Å². The van der Waals surface area contributed by atoms with Crippen LogP contribution >= 0.6 is 0 Å². The minimum atomic E-state index is -4.64. The van der Waals surface area contributed by atoms with E-state index in [0.29, 0.717) is 5.56 Å².